The number of carbonyl (C=O) groups excluding carboxylic acids is 1. The van der Waals surface area contributed by atoms with E-state index in [4.69, 9.17) is 0 Å². The number of alkyl halides is 2. The average Bonchev–Trinajstić information content (AvgIpc) is 3.01. The fourth-order valence-electron chi connectivity index (χ4n) is 2.61. The van der Waals surface area contributed by atoms with Gasteiger partial charge < -0.3 is 20.1 Å². The van der Waals surface area contributed by atoms with Gasteiger partial charge in [-0.05, 0) is 52.7 Å². The minimum atomic E-state index is -3.32. The van der Waals surface area contributed by atoms with Crippen LogP contribution >= 0.6 is 15.9 Å². The molecule has 1 amide bonds. The quantitative estimate of drug-likeness (QED) is 0.747. The smallest absolute Gasteiger partial charge is 0.395 e. The molecule has 9 heteroatoms. The monoisotopic (exact) mass is 439 g/mol. The highest BCUT2D eigenvalue weighted by Gasteiger charge is 2.24. The molecule has 1 aliphatic heterocycles. The molecule has 2 aromatic rings. The summed E-state index contributed by atoms with van der Waals surface area (Å²) in [6.07, 6.45) is -1.60. The van der Waals surface area contributed by atoms with Crippen LogP contribution in [0.4, 0.5) is 20.3 Å². The van der Waals surface area contributed by atoms with Gasteiger partial charge in [0.2, 0.25) is 0 Å². The molecule has 3 rings (SSSR count). The van der Waals surface area contributed by atoms with Crippen LogP contribution in [0.25, 0.3) is 0 Å². The summed E-state index contributed by atoms with van der Waals surface area (Å²) in [5, 5.41) is 12.2. The number of hydrogen-bond donors (Lipinski definition) is 2. The maximum Gasteiger partial charge on any atom is 0.395 e. The van der Waals surface area contributed by atoms with Crippen molar-refractivity contribution in [2.24, 2.45) is 0 Å². The number of pyridine rings is 1. The Bertz CT molecular complexity index is 828. The predicted octanol–water partition coefficient (Wildman–Crippen LogP) is 3.26. The third-order valence-corrected chi connectivity index (χ3v) is 4.39. The number of anilines is 2. The number of rotatable bonds is 5. The second kappa shape index (κ2) is 7.66. The molecule has 0 spiro atoms. The second-order valence-corrected chi connectivity index (χ2v) is 7.00. The van der Waals surface area contributed by atoms with Gasteiger partial charge in [-0.3, -0.25) is 4.79 Å². The van der Waals surface area contributed by atoms with Crippen molar-refractivity contribution in [2.45, 2.75) is 25.6 Å². The van der Waals surface area contributed by atoms with E-state index in [2.05, 4.69) is 43.1 Å². The van der Waals surface area contributed by atoms with E-state index in [0.717, 1.165) is 0 Å². The maximum atomic E-state index is 12.8. The van der Waals surface area contributed by atoms with Crippen molar-refractivity contribution in [3.8, 4) is 5.75 Å². The SMILES string of the molecule is CC(F)(F)Oc1c#cc(NC(=O)c2cnc(N3CC[C@@H](O)C3)c(Br)c2)cc1. The molecule has 2 heterocycles. The second-order valence-electron chi connectivity index (χ2n) is 6.14. The number of halogens is 3. The molecule has 0 radical (unpaired) electrons. The summed E-state index contributed by atoms with van der Waals surface area (Å²) in [5.41, 5.74) is 0.564. The molecule has 1 fully saturated rings. The summed E-state index contributed by atoms with van der Waals surface area (Å²) in [7, 11) is 0. The number of ether oxygens (including phenoxy) is 1. The van der Waals surface area contributed by atoms with E-state index < -0.39 is 12.0 Å². The third-order valence-electron chi connectivity index (χ3n) is 3.81. The molecule has 0 aliphatic carbocycles. The van der Waals surface area contributed by atoms with Crippen LogP contribution in [0.3, 0.4) is 0 Å². The Morgan fingerprint density at radius 2 is 2.26 bits per heavy atom. The summed E-state index contributed by atoms with van der Waals surface area (Å²) in [5.74, 6) is 0.0439. The summed E-state index contributed by atoms with van der Waals surface area (Å²) in [4.78, 5) is 18.6. The van der Waals surface area contributed by atoms with Crippen molar-refractivity contribution < 1.29 is 23.4 Å². The number of aromatic nitrogens is 1. The molecule has 0 bridgehead atoms. The number of carbonyl (C=O) groups is 1. The zero-order chi connectivity index (χ0) is 19.6. The molecule has 1 aromatic heterocycles. The highest BCUT2D eigenvalue weighted by atomic mass is 79.9. The molecule has 142 valence electrons. The number of aliphatic hydroxyl groups is 1. The van der Waals surface area contributed by atoms with Crippen molar-refractivity contribution in [1.82, 2.24) is 4.98 Å². The Morgan fingerprint density at radius 3 is 2.81 bits per heavy atom. The van der Waals surface area contributed by atoms with Crippen molar-refractivity contribution in [2.75, 3.05) is 23.3 Å². The number of nitrogens with one attached hydrogen (secondary N) is 1. The van der Waals surface area contributed by atoms with Crippen LogP contribution in [-0.4, -0.2) is 41.3 Å². The van der Waals surface area contributed by atoms with Gasteiger partial charge in [0, 0.05) is 26.2 Å². The number of β-amino-alcohol motifs (C(OH)–C–C–N with tert-alkyl or cyclic N) is 1. The predicted molar refractivity (Wildman–Crippen MR) is 98.1 cm³/mol. The lowest BCUT2D eigenvalue weighted by atomic mass is 10.2. The first kappa shape index (κ1) is 19.3. The van der Waals surface area contributed by atoms with E-state index in [1.807, 2.05) is 4.90 Å². The van der Waals surface area contributed by atoms with Gasteiger partial charge in [0.25, 0.3) is 5.91 Å². The number of hydrogen-bond acceptors (Lipinski definition) is 5. The molecule has 0 saturated carbocycles. The molecule has 2 N–H and O–H groups in total. The molecule has 1 saturated heterocycles. The third kappa shape index (κ3) is 5.05. The van der Waals surface area contributed by atoms with Gasteiger partial charge in [0.1, 0.15) is 5.82 Å². The first-order valence-corrected chi connectivity index (χ1v) is 8.91. The Labute approximate surface area is 163 Å². The van der Waals surface area contributed by atoms with Crippen LogP contribution < -0.4 is 15.0 Å². The van der Waals surface area contributed by atoms with Gasteiger partial charge in [-0.25, -0.2) is 4.98 Å². The minimum absolute atomic E-state index is 0.179. The van der Waals surface area contributed by atoms with E-state index in [-0.39, 0.29) is 17.5 Å². The van der Waals surface area contributed by atoms with Crippen molar-refractivity contribution in [3.05, 3.63) is 46.6 Å². The normalized spacial score (nSPS) is 16.8. The van der Waals surface area contributed by atoms with Crippen LogP contribution in [0.1, 0.15) is 23.7 Å². The Kier molecular flexibility index (Phi) is 5.48. The molecule has 6 nitrogen and oxygen atoms in total. The van der Waals surface area contributed by atoms with Crippen LogP contribution in [0.5, 0.6) is 5.75 Å². The van der Waals surface area contributed by atoms with Gasteiger partial charge >= 0.3 is 6.11 Å². The topological polar surface area (TPSA) is 74.7 Å². The molecular weight excluding hydrogens is 424 g/mol. The first-order chi connectivity index (χ1) is 12.7. The number of nitrogens with zero attached hydrogens (tertiary/aromatic N) is 2. The summed E-state index contributed by atoms with van der Waals surface area (Å²) in [6.45, 7) is 1.80. The lowest BCUT2D eigenvalue weighted by Crippen LogP contribution is -2.23. The minimum Gasteiger partial charge on any atom is -0.424 e. The fraction of sp³-hybridized carbons (Fsp3) is 0.333. The van der Waals surface area contributed by atoms with Gasteiger partial charge in [-0.15, -0.1) is 0 Å². The fourth-order valence-corrected chi connectivity index (χ4v) is 3.21. The lowest BCUT2D eigenvalue weighted by molar-refractivity contribution is -0.158. The molecule has 27 heavy (non-hydrogen) atoms. The molecule has 0 unspecified atom stereocenters. The Morgan fingerprint density at radius 1 is 1.48 bits per heavy atom. The van der Waals surface area contributed by atoms with Gasteiger partial charge in [-0.1, -0.05) is 0 Å². The van der Waals surface area contributed by atoms with E-state index in [0.29, 0.717) is 42.3 Å². The molecular formula is C18H16BrF2N3O3. The van der Waals surface area contributed by atoms with Gasteiger partial charge in [-0.2, -0.15) is 8.78 Å². The van der Waals surface area contributed by atoms with Gasteiger partial charge in [0.15, 0.2) is 5.75 Å². The van der Waals surface area contributed by atoms with Crippen LogP contribution in [0.2, 0.25) is 0 Å². The first-order valence-electron chi connectivity index (χ1n) is 8.12. The van der Waals surface area contributed by atoms with Crippen LogP contribution in [0.15, 0.2) is 28.9 Å². The highest BCUT2D eigenvalue weighted by molar-refractivity contribution is 9.10. The zero-order valence-electron chi connectivity index (χ0n) is 14.3. The van der Waals surface area contributed by atoms with E-state index in [1.165, 1.54) is 18.3 Å². The van der Waals surface area contributed by atoms with Crippen molar-refractivity contribution in [1.29, 1.82) is 0 Å². The highest BCUT2D eigenvalue weighted by Crippen LogP contribution is 2.28. The Hall–Kier alpha value is -2.44. The summed E-state index contributed by atoms with van der Waals surface area (Å²) in [6, 6.07) is 9.24. The van der Waals surface area contributed by atoms with Crippen molar-refractivity contribution >= 4 is 33.3 Å². The maximum absolute atomic E-state index is 12.8. The largest absolute Gasteiger partial charge is 0.424 e. The van der Waals surface area contributed by atoms with E-state index in [9.17, 15) is 18.7 Å². The van der Waals surface area contributed by atoms with Gasteiger partial charge in [0.05, 0.1) is 21.8 Å². The molecule has 1 atom stereocenters. The lowest BCUT2D eigenvalue weighted by Gasteiger charge is -2.18. The number of amides is 1. The van der Waals surface area contributed by atoms with Crippen molar-refractivity contribution in [3.63, 3.8) is 0 Å². The standard InChI is InChI=1S/C18H16BrF2N3O3/c1-18(20,21)27-14-4-2-12(3-5-14)23-17(26)11-8-15(19)16(22-9-11)24-7-6-13(25)10-24/h2,4,8-9,13,25H,6-7,10H2,1H3,(H,23,26)/t13-/m1/s1. The molecule has 1 aliphatic rings. The average molecular weight is 440 g/mol. The summed E-state index contributed by atoms with van der Waals surface area (Å²) >= 11 is 3.40. The number of aliphatic hydroxyl groups excluding tert-OH is 1. The zero-order valence-corrected chi connectivity index (χ0v) is 15.9. The van der Waals surface area contributed by atoms with Crippen LogP contribution in [-0.2, 0) is 0 Å². The van der Waals surface area contributed by atoms with E-state index >= 15 is 0 Å². The Balaban J connectivity index is 1.66. The van der Waals surface area contributed by atoms with Crippen LogP contribution in [0, 0.1) is 12.1 Å². The molecule has 1 aromatic carbocycles. The summed E-state index contributed by atoms with van der Waals surface area (Å²) < 4.78 is 30.6. The van der Waals surface area contributed by atoms with E-state index in [1.54, 1.807) is 6.07 Å².